The standard InChI is InChI=1S/C13H15FO2S/c1-8-5-13(7-17-8)6-11(15)10-4-9(14)2-3-12(10)16-13/h2-4,8,11,15H,5-7H2,1H3/t8?,11-,13?/m1/s1. The summed E-state index contributed by atoms with van der Waals surface area (Å²) >= 11 is 1.87. The van der Waals surface area contributed by atoms with Crippen LogP contribution in [0.3, 0.4) is 0 Å². The molecule has 2 unspecified atom stereocenters. The normalized spacial score (nSPS) is 35.7. The van der Waals surface area contributed by atoms with E-state index in [1.807, 2.05) is 11.8 Å². The number of thioether (sulfide) groups is 1. The Morgan fingerprint density at radius 3 is 3.00 bits per heavy atom. The van der Waals surface area contributed by atoms with E-state index < -0.39 is 6.10 Å². The van der Waals surface area contributed by atoms with Gasteiger partial charge in [-0.1, -0.05) is 6.92 Å². The summed E-state index contributed by atoms with van der Waals surface area (Å²) in [6, 6.07) is 4.39. The van der Waals surface area contributed by atoms with Gasteiger partial charge < -0.3 is 9.84 Å². The summed E-state index contributed by atoms with van der Waals surface area (Å²) in [5.41, 5.74) is 0.328. The maximum Gasteiger partial charge on any atom is 0.126 e. The third kappa shape index (κ3) is 1.93. The van der Waals surface area contributed by atoms with E-state index in [1.165, 1.54) is 12.1 Å². The molecule has 3 rings (SSSR count). The van der Waals surface area contributed by atoms with Crippen LogP contribution in [0.4, 0.5) is 4.39 Å². The number of aliphatic hydroxyl groups excluding tert-OH is 1. The van der Waals surface area contributed by atoms with Gasteiger partial charge in [0.25, 0.3) is 0 Å². The van der Waals surface area contributed by atoms with E-state index in [0.29, 0.717) is 23.0 Å². The van der Waals surface area contributed by atoms with Gasteiger partial charge in [-0.3, -0.25) is 0 Å². The maximum atomic E-state index is 13.1. The maximum absolute atomic E-state index is 13.1. The Morgan fingerprint density at radius 2 is 2.29 bits per heavy atom. The Morgan fingerprint density at radius 1 is 1.47 bits per heavy atom. The molecule has 2 aliphatic rings. The molecule has 2 heterocycles. The average molecular weight is 254 g/mol. The van der Waals surface area contributed by atoms with Gasteiger partial charge in [0, 0.05) is 23.0 Å². The van der Waals surface area contributed by atoms with E-state index in [0.717, 1.165) is 12.2 Å². The van der Waals surface area contributed by atoms with Gasteiger partial charge in [0.1, 0.15) is 17.2 Å². The highest BCUT2D eigenvalue weighted by Gasteiger charge is 2.45. The summed E-state index contributed by atoms with van der Waals surface area (Å²) in [6.07, 6.45) is 0.909. The van der Waals surface area contributed by atoms with E-state index in [-0.39, 0.29) is 11.4 Å². The third-order valence-corrected chi connectivity index (χ3v) is 4.94. The van der Waals surface area contributed by atoms with E-state index in [2.05, 4.69) is 6.92 Å². The van der Waals surface area contributed by atoms with Crippen molar-refractivity contribution in [1.29, 1.82) is 0 Å². The monoisotopic (exact) mass is 254 g/mol. The number of hydrogen-bond acceptors (Lipinski definition) is 3. The molecule has 4 heteroatoms. The van der Waals surface area contributed by atoms with Crippen molar-refractivity contribution in [3.8, 4) is 5.75 Å². The molecule has 92 valence electrons. The molecule has 0 aliphatic carbocycles. The summed E-state index contributed by atoms with van der Waals surface area (Å²) in [4.78, 5) is 0. The van der Waals surface area contributed by atoms with E-state index in [4.69, 9.17) is 4.74 Å². The molecule has 17 heavy (non-hydrogen) atoms. The lowest BCUT2D eigenvalue weighted by Gasteiger charge is -2.37. The van der Waals surface area contributed by atoms with Gasteiger partial charge >= 0.3 is 0 Å². The zero-order chi connectivity index (χ0) is 12.0. The number of hydrogen-bond donors (Lipinski definition) is 1. The first-order chi connectivity index (χ1) is 8.08. The van der Waals surface area contributed by atoms with E-state index in [9.17, 15) is 9.50 Å². The number of ether oxygens (including phenoxy) is 1. The van der Waals surface area contributed by atoms with Crippen LogP contribution in [0.25, 0.3) is 0 Å². The van der Waals surface area contributed by atoms with Crippen LogP contribution < -0.4 is 4.74 Å². The smallest absolute Gasteiger partial charge is 0.126 e. The van der Waals surface area contributed by atoms with Crippen LogP contribution in [-0.4, -0.2) is 21.7 Å². The fourth-order valence-corrected chi connectivity index (χ4v) is 4.06. The van der Waals surface area contributed by atoms with Crippen LogP contribution in [0.15, 0.2) is 18.2 Å². The van der Waals surface area contributed by atoms with Crippen LogP contribution in [-0.2, 0) is 0 Å². The molecule has 1 aromatic carbocycles. The molecular formula is C13H15FO2S. The molecule has 0 saturated carbocycles. The minimum atomic E-state index is -0.611. The van der Waals surface area contributed by atoms with Crippen LogP contribution in [0.1, 0.15) is 31.4 Å². The first-order valence-electron chi connectivity index (χ1n) is 5.86. The summed E-state index contributed by atoms with van der Waals surface area (Å²) < 4.78 is 19.2. The Hall–Kier alpha value is -0.740. The fourth-order valence-electron chi connectivity index (χ4n) is 2.76. The molecule has 1 fully saturated rings. The first kappa shape index (κ1) is 11.4. The number of fused-ring (bicyclic) bond motifs is 1. The van der Waals surface area contributed by atoms with E-state index >= 15 is 0 Å². The Balaban J connectivity index is 1.96. The second-order valence-corrected chi connectivity index (χ2v) is 6.44. The molecule has 0 aromatic heterocycles. The Kier molecular flexibility index (Phi) is 2.60. The lowest BCUT2D eigenvalue weighted by molar-refractivity contribution is 0.00125. The Labute approximate surface area is 104 Å². The highest BCUT2D eigenvalue weighted by molar-refractivity contribution is 8.00. The average Bonchev–Trinajstić information content (AvgIpc) is 2.61. The van der Waals surface area contributed by atoms with Gasteiger partial charge in [-0.05, 0) is 24.6 Å². The molecule has 0 amide bonds. The highest BCUT2D eigenvalue weighted by Crippen LogP contribution is 2.48. The molecule has 2 nitrogen and oxygen atoms in total. The highest BCUT2D eigenvalue weighted by atomic mass is 32.2. The van der Waals surface area contributed by atoms with Gasteiger partial charge in [0.2, 0.25) is 0 Å². The molecule has 1 saturated heterocycles. The Bertz CT molecular complexity index is 451. The van der Waals surface area contributed by atoms with Crippen LogP contribution >= 0.6 is 11.8 Å². The third-order valence-electron chi connectivity index (χ3n) is 3.51. The second kappa shape index (κ2) is 3.89. The lowest BCUT2D eigenvalue weighted by Crippen LogP contribution is -2.41. The fraction of sp³-hybridized carbons (Fsp3) is 0.538. The predicted molar refractivity (Wildman–Crippen MR) is 65.9 cm³/mol. The van der Waals surface area contributed by atoms with Crippen molar-refractivity contribution in [2.24, 2.45) is 0 Å². The minimum Gasteiger partial charge on any atom is -0.486 e. The number of halogens is 1. The quantitative estimate of drug-likeness (QED) is 0.772. The van der Waals surface area contributed by atoms with Crippen molar-refractivity contribution in [2.75, 3.05) is 5.75 Å². The van der Waals surface area contributed by atoms with Gasteiger partial charge in [-0.15, -0.1) is 0 Å². The van der Waals surface area contributed by atoms with Crippen molar-refractivity contribution in [3.05, 3.63) is 29.6 Å². The number of aliphatic hydroxyl groups is 1. The molecule has 1 N–H and O–H groups in total. The SMILES string of the molecule is CC1CC2(CS1)C[C@@H](O)c1cc(F)ccc1O2. The van der Waals surface area contributed by atoms with Crippen molar-refractivity contribution < 1.29 is 14.2 Å². The predicted octanol–water partition coefficient (Wildman–Crippen LogP) is 2.91. The zero-order valence-electron chi connectivity index (χ0n) is 9.65. The van der Waals surface area contributed by atoms with Crippen molar-refractivity contribution in [3.63, 3.8) is 0 Å². The molecule has 1 spiro atoms. The first-order valence-corrected chi connectivity index (χ1v) is 6.91. The number of benzene rings is 1. The van der Waals surface area contributed by atoms with E-state index in [1.54, 1.807) is 6.07 Å². The molecule has 2 aliphatic heterocycles. The molecule has 1 aromatic rings. The minimum absolute atomic E-state index is 0.256. The van der Waals surface area contributed by atoms with Gasteiger partial charge in [0.15, 0.2) is 0 Å². The largest absolute Gasteiger partial charge is 0.486 e. The molecular weight excluding hydrogens is 239 g/mol. The summed E-state index contributed by atoms with van der Waals surface area (Å²) in [7, 11) is 0. The second-order valence-electron chi connectivity index (χ2n) is 5.01. The van der Waals surface area contributed by atoms with Crippen molar-refractivity contribution >= 4 is 11.8 Å². The topological polar surface area (TPSA) is 29.5 Å². The van der Waals surface area contributed by atoms with Crippen molar-refractivity contribution in [2.45, 2.75) is 36.7 Å². The van der Waals surface area contributed by atoms with Gasteiger partial charge in [-0.2, -0.15) is 11.8 Å². The molecule has 0 radical (unpaired) electrons. The lowest BCUT2D eigenvalue weighted by atomic mass is 9.87. The summed E-state index contributed by atoms with van der Waals surface area (Å²) in [6.45, 7) is 2.18. The van der Waals surface area contributed by atoms with Crippen molar-refractivity contribution in [1.82, 2.24) is 0 Å². The molecule has 0 bridgehead atoms. The van der Waals surface area contributed by atoms with Gasteiger partial charge in [-0.25, -0.2) is 4.39 Å². The van der Waals surface area contributed by atoms with Gasteiger partial charge in [0.05, 0.1) is 6.10 Å². The van der Waals surface area contributed by atoms with Crippen LogP contribution in [0.5, 0.6) is 5.75 Å². The van der Waals surface area contributed by atoms with Crippen LogP contribution in [0.2, 0.25) is 0 Å². The zero-order valence-corrected chi connectivity index (χ0v) is 10.5. The number of rotatable bonds is 0. The van der Waals surface area contributed by atoms with Crippen LogP contribution in [0, 0.1) is 5.82 Å². The molecule has 3 atom stereocenters. The summed E-state index contributed by atoms with van der Waals surface area (Å²) in [5.74, 6) is 1.22. The summed E-state index contributed by atoms with van der Waals surface area (Å²) in [5, 5.41) is 10.7.